The molecular weight excluding hydrogens is 949 g/mol. The lowest BCUT2D eigenvalue weighted by Gasteiger charge is -2.61. The molecule has 5 aromatic rings. The van der Waals surface area contributed by atoms with E-state index in [1.54, 1.807) is 81.8 Å². The van der Waals surface area contributed by atoms with Crippen molar-refractivity contribution in [2.75, 3.05) is 27.9 Å². The van der Waals surface area contributed by atoms with Gasteiger partial charge in [0.2, 0.25) is 11.6 Å². The molecule has 0 radical (unpaired) electrons. The summed E-state index contributed by atoms with van der Waals surface area (Å²) in [6, 6.07) is 47.5. The van der Waals surface area contributed by atoms with E-state index < -0.39 is 93.2 Å². The Balaban J connectivity index is 1.11. The Bertz CT molecular complexity index is 2510. The summed E-state index contributed by atoms with van der Waals surface area (Å²) < 4.78 is 81.6. The van der Waals surface area contributed by atoms with Gasteiger partial charge < -0.3 is 56.5 Å². The molecule has 3 saturated heterocycles. The van der Waals surface area contributed by atoms with Crippen molar-refractivity contribution in [2.24, 2.45) is 0 Å². The number of fused-ring (bicyclic) bond motifs is 2. The lowest BCUT2D eigenvalue weighted by molar-refractivity contribution is -0.501. The van der Waals surface area contributed by atoms with E-state index in [1.165, 1.54) is 7.11 Å². The fraction of sp³-hybridized carbons (Fsp3) is 0.448. The summed E-state index contributed by atoms with van der Waals surface area (Å²) in [6.45, 7) is 8.53. The summed E-state index contributed by atoms with van der Waals surface area (Å²) >= 11 is 0. The van der Waals surface area contributed by atoms with Crippen molar-refractivity contribution in [1.82, 2.24) is 0 Å². The number of carbonyl (C=O) groups excluding carboxylic acids is 2. The summed E-state index contributed by atoms with van der Waals surface area (Å²) in [5, 5.41) is 1.86. The monoisotopic (exact) mass is 1020 g/mol. The van der Waals surface area contributed by atoms with Gasteiger partial charge in [-0.25, -0.2) is 9.59 Å². The number of carbonyl (C=O) groups is 2. The third kappa shape index (κ3) is 10.6. The number of esters is 2. The van der Waals surface area contributed by atoms with E-state index in [4.69, 9.17) is 56.5 Å². The van der Waals surface area contributed by atoms with Crippen LogP contribution in [0.1, 0.15) is 79.7 Å². The summed E-state index contributed by atoms with van der Waals surface area (Å²) in [5.41, 5.74) is 1.42. The molecule has 0 amide bonds. The van der Waals surface area contributed by atoms with Gasteiger partial charge >= 0.3 is 11.9 Å². The van der Waals surface area contributed by atoms with Gasteiger partial charge in [-0.05, 0) is 65.0 Å². The van der Waals surface area contributed by atoms with Crippen LogP contribution in [0.4, 0.5) is 0 Å². The van der Waals surface area contributed by atoms with Crippen LogP contribution >= 0.6 is 0 Å². The Morgan fingerprint density at radius 1 is 0.589 bits per heavy atom. The van der Waals surface area contributed by atoms with Crippen molar-refractivity contribution in [3.05, 3.63) is 168 Å². The van der Waals surface area contributed by atoms with Gasteiger partial charge in [0.25, 0.3) is 8.32 Å². The van der Waals surface area contributed by atoms with Crippen molar-refractivity contribution in [1.29, 1.82) is 0 Å². The highest BCUT2D eigenvalue weighted by molar-refractivity contribution is 6.99. The Hall–Kier alpha value is -5.14. The molecule has 9 rings (SSSR count). The average molecular weight is 1020 g/mol. The number of hydrogen-bond acceptors (Lipinski definition) is 14. The van der Waals surface area contributed by atoms with Gasteiger partial charge in [-0.2, -0.15) is 0 Å². The smallest absolute Gasteiger partial charge is 0.338 e. The molecule has 1 aliphatic carbocycles. The quantitative estimate of drug-likeness (QED) is 0.0653. The van der Waals surface area contributed by atoms with Crippen molar-refractivity contribution in [2.45, 2.75) is 138 Å². The van der Waals surface area contributed by atoms with Gasteiger partial charge in [0, 0.05) is 34.2 Å². The van der Waals surface area contributed by atoms with E-state index in [0.29, 0.717) is 18.4 Å². The summed E-state index contributed by atoms with van der Waals surface area (Å²) in [5.74, 6) is -3.99. The number of hydrogen-bond donors (Lipinski definition) is 0. The van der Waals surface area contributed by atoms with Crippen LogP contribution in [-0.4, -0.2) is 121 Å². The molecule has 0 aromatic heterocycles. The molecule has 0 bridgehead atoms. The zero-order valence-corrected chi connectivity index (χ0v) is 43.7. The molecule has 5 aromatic carbocycles. The summed E-state index contributed by atoms with van der Waals surface area (Å²) in [7, 11) is 1.62. The molecule has 4 aliphatic rings. The lowest BCUT2D eigenvalue weighted by Crippen LogP contribution is -2.76. The molecule has 14 nitrogen and oxygen atoms in total. The summed E-state index contributed by atoms with van der Waals surface area (Å²) in [4.78, 5) is 28.1. The zero-order chi connectivity index (χ0) is 51.2. The van der Waals surface area contributed by atoms with Crippen LogP contribution in [-0.2, 0) is 63.1 Å². The molecule has 4 fully saturated rings. The molecule has 0 N–H and O–H groups in total. The van der Waals surface area contributed by atoms with E-state index >= 15 is 0 Å². The highest BCUT2D eigenvalue weighted by atomic mass is 28.4. The van der Waals surface area contributed by atoms with Crippen molar-refractivity contribution >= 4 is 30.6 Å². The van der Waals surface area contributed by atoms with Gasteiger partial charge in [0.05, 0.1) is 30.4 Å². The highest BCUT2D eigenvalue weighted by Gasteiger charge is 2.68. The Morgan fingerprint density at radius 3 is 1.56 bits per heavy atom. The minimum atomic E-state index is -3.12. The fourth-order valence-corrected chi connectivity index (χ4v) is 15.6. The van der Waals surface area contributed by atoms with Gasteiger partial charge in [-0.1, -0.05) is 148 Å². The maximum absolute atomic E-state index is 14.2. The molecule has 0 unspecified atom stereocenters. The molecule has 1 saturated carbocycles. The largest absolute Gasteiger partial charge is 0.452 e. The normalized spacial score (nSPS) is 30.3. The Kier molecular flexibility index (Phi) is 16.4. The zero-order valence-electron chi connectivity index (χ0n) is 42.7. The molecule has 12 atom stereocenters. The van der Waals surface area contributed by atoms with Crippen LogP contribution < -0.4 is 10.4 Å². The lowest BCUT2D eigenvalue weighted by atomic mass is 9.83. The maximum atomic E-state index is 14.2. The van der Waals surface area contributed by atoms with Gasteiger partial charge in [-0.15, -0.1) is 0 Å². The minimum absolute atomic E-state index is 0.0488. The first-order valence-corrected chi connectivity index (χ1v) is 27.1. The first-order valence-electron chi connectivity index (χ1n) is 25.2. The second-order valence-electron chi connectivity index (χ2n) is 20.1. The highest BCUT2D eigenvalue weighted by Crippen LogP contribution is 2.52. The van der Waals surface area contributed by atoms with Crippen LogP contribution in [0.25, 0.3) is 0 Å². The van der Waals surface area contributed by atoms with Crippen LogP contribution in [0.15, 0.2) is 152 Å². The number of benzene rings is 5. The van der Waals surface area contributed by atoms with E-state index in [9.17, 15) is 9.59 Å². The molecule has 0 spiro atoms. The molecule has 73 heavy (non-hydrogen) atoms. The van der Waals surface area contributed by atoms with Gasteiger partial charge in [-0.3, -0.25) is 0 Å². The standard InChI is InChI=1S/C58H68O14Si/c1-39-46(68-52(59)41-27-15-9-16-28-41)48(69-53(60)42-29-17-10-18-30-42)50(64-37-40-25-13-8-14-26-40)55(66-39)70-51-49-47(71-57(62-6)35-23-24-36-58(57,63-7)72-49)45(67-54(51)61-5)38-65-73(56(2,3)4,43-31-19-11-20-32-43)44-33-21-12-22-34-44/h8-22,25-34,39,45-51,54-55H,23-24,35-38H2,1-7H3/t39-,45+,46-,47+,48+,49-,50+,51-,54-,55-,57-,58-/m0/s1. The first-order chi connectivity index (χ1) is 35.4. The third-order valence-corrected chi connectivity index (χ3v) is 19.7. The van der Waals surface area contributed by atoms with Crippen LogP contribution in [0, 0.1) is 0 Å². The van der Waals surface area contributed by atoms with E-state index in [2.05, 4.69) is 45.0 Å². The average Bonchev–Trinajstić information content (AvgIpc) is 3.42. The maximum Gasteiger partial charge on any atom is 0.338 e. The predicted octanol–water partition coefficient (Wildman–Crippen LogP) is 8.14. The fourth-order valence-electron chi connectivity index (χ4n) is 11.0. The SMILES string of the molecule is CO[C@H]1O[C@H](CO[Si](c2ccccc2)(c2ccccc2)C(C)(C)C)[C@H]2O[C@@]3(OC)CCCC[C@]3(OC)O[C@@H]2[C@@H]1O[C@@H]1O[C@@H](C)[C@H](OC(=O)c2ccccc2)[C@@H](OC(=O)c2ccccc2)[C@H]1OCc1ccccc1. The van der Waals surface area contributed by atoms with Gasteiger partial charge in [0.1, 0.15) is 30.5 Å². The molecule has 3 aliphatic heterocycles. The molecule has 15 heteroatoms. The second-order valence-corrected chi connectivity index (χ2v) is 24.4. The number of rotatable bonds is 17. The van der Waals surface area contributed by atoms with Crippen molar-refractivity contribution < 1.29 is 66.1 Å². The topological polar surface area (TPSA) is 145 Å². The van der Waals surface area contributed by atoms with Crippen LogP contribution in [0.5, 0.6) is 0 Å². The van der Waals surface area contributed by atoms with Crippen LogP contribution in [0.2, 0.25) is 5.04 Å². The molecular formula is C58H68O14Si. The Morgan fingerprint density at radius 2 is 1.07 bits per heavy atom. The minimum Gasteiger partial charge on any atom is -0.452 e. The predicted molar refractivity (Wildman–Crippen MR) is 272 cm³/mol. The number of methoxy groups -OCH3 is 3. The van der Waals surface area contributed by atoms with Crippen molar-refractivity contribution in [3.8, 4) is 0 Å². The molecule has 388 valence electrons. The van der Waals surface area contributed by atoms with E-state index in [-0.39, 0.29) is 23.8 Å². The van der Waals surface area contributed by atoms with E-state index in [0.717, 1.165) is 28.8 Å². The van der Waals surface area contributed by atoms with Crippen molar-refractivity contribution in [3.63, 3.8) is 0 Å². The van der Waals surface area contributed by atoms with E-state index in [1.807, 2.05) is 66.7 Å². The second kappa shape index (κ2) is 22.8. The summed E-state index contributed by atoms with van der Waals surface area (Å²) in [6.07, 6.45) is -8.17. The Labute approximate surface area is 429 Å². The first kappa shape index (κ1) is 52.7. The van der Waals surface area contributed by atoms with Gasteiger partial charge in [0.15, 0.2) is 24.8 Å². The third-order valence-electron chi connectivity index (χ3n) is 14.7. The number of ether oxygens (including phenoxy) is 11. The molecule has 3 heterocycles. The van der Waals surface area contributed by atoms with Crippen LogP contribution in [0.3, 0.4) is 0 Å².